The molecule has 0 saturated carbocycles. The number of ether oxygens (including phenoxy) is 2. The second kappa shape index (κ2) is 7.84. The van der Waals surface area contributed by atoms with Gasteiger partial charge in [-0.15, -0.1) is 0 Å². The molecule has 1 aliphatic rings. The van der Waals surface area contributed by atoms with Crippen molar-refractivity contribution >= 4 is 44.3 Å². The number of benzene rings is 3. The number of nitrogen functional groups attached to an aromatic ring is 1. The summed E-state index contributed by atoms with van der Waals surface area (Å²) in [7, 11) is 0. The van der Waals surface area contributed by atoms with Crippen LogP contribution in [-0.4, -0.2) is 23.2 Å². The average molecular weight is 463 g/mol. The Morgan fingerprint density at radius 2 is 1.67 bits per heavy atom. The lowest BCUT2D eigenvalue weighted by Crippen LogP contribution is -2.01. The van der Waals surface area contributed by atoms with Gasteiger partial charge in [0.15, 0.2) is 11.5 Å². The summed E-state index contributed by atoms with van der Waals surface area (Å²) < 4.78 is 12.6. The van der Waals surface area contributed by atoms with Crippen molar-refractivity contribution in [2.24, 2.45) is 0 Å². The van der Waals surface area contributed by atoms with E-state index in [1.807, 2.05) is 54.6 Å². The number of hydrogen-bond donors (Lipinski definition) is 2. The maximum Gasteiger partial charge on any atom is 0.222 e. The van der Waals surface area contributed by atoms with Crippen LogP contribution in [0.3, 0.4) is 0 Å². The molecular formula is C23H19BrN4O2. The molecule has 0 radical (unpaired) electrons. The second-order valence-electron chi connectivity index (χ2n) is 7.01. The third kappa shape index (κ3) is 3.76. The van der Waals surface area contributed by atoms with E-state index in [0.29, 0.717) is 19.0 Å². The van der Waals surface area contributed by atoms with Crippen molar-refractivity contribution in [1.29, 1.82) is 0 Å². The Kier molecular flexibility index (Phi) is 4.88. The summed E-state index contributed by atoms with van der Waals surface area (Å²) >= 11 is 3.50. The fourth-order valence-corrected chi connectivity index (χ4v) is 3.87. The van der Waals surface area contributed by atoms with Gasteiger partial charge in [0.1, 0.15) is 5.82 Å². The molecule has 1 aromatic heterocycles. The summed E-state index contributed by atoms with van der Waals surface area (Å²) in [6.45, 7) is 1.33. The van der Waals surface area contributed by atoms with E-state index in [1.54, 1.807) is 0 Å². The number of rotatable bonds is 3. The maximum atomic E-state index is 5.95. The Labute approximate surface area is 182 Å². The first kappa shape index (κ1) is 18.7. The van der Waals surface area contributed by atoms with E-state index in [9.17, 15) is 0 Å². The van der Waals surface area contributed by atoms with Crippen molar-refractivity contribution in [3.05, 3.63) is 65.1 Å². The molecular weight excluding hydrogens is 444 g/mol. The molecule has 7 heteroatoms. The molecule has 6 nitrogen and oxygen atoms in total. The van der Waals surface area contributed by atoms with E-state index < -0.39 is 0 Å². The lowest BCUT2D eigenvalue weighted by molar-refractivity contribution is 0.297. The van der Waals surface area contributed by atoms with Crippen molar-refractivity contribution < 1.29 is 9.47 Å². The molecule has 2 heterocycles. The van der Waals surface area contributed by atoms with E-state index >= 15 is 0 Å². The van der Waals surface area contributed by atoms with Crippen molar-refractivity contribution in [2.45, 2.75) is 6.42 Å². The predicted octanol–water partition coefficient (Wildman–Crippen LogP) is 5.55. The quantitative estimate of drug-likeness (QED) is 0.415. The zero-order valence-corrected chi connectivity index (χ0v) is 17.6. The van der Waals surface area contributed by atoms with Gasteiger partial charge in [0.05, 0.1) is 18.7 Å². The number of halogens is 1. The minimum absolute atomic E-state index is 0.225. The molecule has 30 heavy (non-hydrogen) atoms. The van der Waals surface area contributed by atoms with E-state index in [2.05, 4.69) is 37.3 Å². The molecule has 0 atom stereocenters. The van der Waals surface area contributed by atoms with E-state index in [0.717, 1.165) is 50.1 Å². The lowest BCUT2D eigenvalue weighted by atomic mass is 10.0. The highest BCUT2D eigenvalue weighted by atomic mass is 79.9. The van der Waals surface area contributed by atoms with E-state index in [4.69, 9.17) is 15.2 Å². The molecule has 4 aromatic rings. The number of nitrogens with two attached hydrogens (primary N) is 1. The molecule has 0 bridgehead atoms. The van der Waals surface area contributed by atoms with Gasteiger partial charge in [-0.3, -0.25) is 0 Å². The molecule has 0 spiro atoms. The van der Waals surface area contributed by atoms with Gasteiger partial charge in [-0.2, -0.15) is 4.98 Å². The summed E-state index contributed by atoms with van der Waals surface area (Å²) in [5.41, 5.74) is 9.69. The van der Waals surface area contributed by atoms with Crippen molar-refractivity contribution in [1.82, 2.24) is 9.97 Å². The van der Waals surface area contributed by atoms with Crippen LogP contribution in [0, 0.1) is 0 Å². The summed E-state index contributed by atoms with van der Waals surface area (Å²) in [5.74, 6) is 2.44. The number of nitrogens with one attached hydrogen (secondary N) is 1. The highest BCUT2D eigenvalue weighted by Crippen LogP contribution is 2.36. The van der Waals surface area contributed by atoms with Crippen LogP contribution in [0.2, 0.25) is 0 Å². The van der Waals surface area contributed by atoms with Gasteiger partial charge < -0.3 is 20.5 Å². The molecule has 3 N–H and O–H groups in total. The summed E-state index contributed by atoms with van der Waals surface area (Å²) in [6, 6.07) is 19.9. The first-order valence-corrected chi connectivity index (χ1v) is 10.4. The smallest absolute Gasteiger partial charge is 0.222 e. The van der Waals surface area contributed by atoms with Crippen molar-refractivity contribution in [3.63, 3.8) is 0 Å². The summed E-state index contributed by atoms with van der Waals surface area (Å²) in [6.07, 6.45) is 0.878. The molecule has 0 fully saturated rings. The average Bonchev–Trinajstić information content (AvgIpc) is 2.98. The van der Waals surface area contributed by atoms with Gasteiger partial charge in [-0.25, -0.2) is 4.98 Å². The molecule has 5 rings (SSSR count). The zero-order valence-electron chi connectivity index (χ0n) is 16.1. The third-order valence-corrected chi connectivity index (χ3v) is 5.37. The molecule has 3 aromatic carbocycles. The van der Waals surface area contributed by atoms with Gasteiger partial charge in [0, 0.05) is 22.0 Å². The van der Waals surface area contributed by atoms with Crippen molar-refractivity contribution in [2.75, 3.05) is 24.3 Å². The molecule has 0 saturated heterocycles. The van der Waals surface area contributed by atoms with Crippen LogP contribution in [0.25, 0.3) is 22.0 Å². The minimum Gasteiger partial charge on any atom is -0.490 e. The summed E-state index contributed by atoms with van der Waals surface area (Å²) in [4.78, 5) is 8.82. The first-order chi connectivity index (χ1) is 14.7. The lowest BCUT2D eigenvalue weighted by Gasteiger charge is -2.12. The summed E-state index contributed by atoms with van der Waals surface area (Å²) in [5, 5.41) is 4.24. The first-order valence-electron chi connectivity index (χ1n) is 9.66. The Balaban J connectivity index is 1.58. The molecule has 1 aliphatic heterocycles. The Morgan fingerprint density at radius 3 is 2.53 bits per heavy atom. The number of anilines is 3. The van der Waals surface area contributed by atoms with Gasteiger partial charge in [0.2, 0.25) is 5.95 Å². The highest BCUT2D eigenvalue weighted by Gasteiger charge is 2.13. The number of nitrogens with zero attached hydrogens (tertiary/aromatic N) is 2. The van der Waals surface area contributed by atoms with Gasteiger partial charge >= 0.3 is 0 Å². The normalized spacial score (nSPS) is 13.1. The van der Waals surface area contributed by atoms with E-state index in [1.165, 1.54) is 0 Å². The monoisotopic (exact) mass is 462 g/mol. The highest BCUT2D eigenvalue weighted by molar-refractivity contribution is 9.10. The van der Waals surface area contributed by atoms with Crippen molar-refractivity contribution in [3.8, 4) is 22.6 Å². The van der Waals surface area contributed by atoms with Crippen LogP contribution in [0.1, 0.15) is 6.42 Å². The van der Waals surface area contributed by atoms with Crippen LogP contribution in [0.15, 0.2) is 65.1 Å². The minimum atomic E-state index is 0.225. The SMILES string of the molecule is Nc1nc(Nc2cccc(Br)c2)c2cc(-c3ccc4c(c3)OCCCO4)ccc2n1. The van der Waals surface area contributed by atoms with Crippen LogP contribution in [0.5, 0.6) is 11.5 Å². The second-order valence-corrected chi connectivity index (χ2v) is 7.93. The number of aromatic nitrogens is 2. The van der Waals surface area contributed by atoms with Gasteiger partial charge in [-0.05, 0) is 53.6 Å². The van der Waals surface area contributed by atoms with Gasteiger partial charge in [0.25, 0.3) is 0 Å². The van der Waals surface area contributed by atoms with Crippen LogP contribution in [-0.2, 0) is 0 Å². The van der Waals surface area contributed by atoms with E-state index in [-0.39, 0.29) is 5.95 Å². The topological polar surface area (TPSA) is 82.3 Å². The fraction of sp³-hybridized carbons (Fsp3) is 0.130. The Morgan fingerprint density at radius 1 is 0.867 bits per heavy atom. The van der Waals surface area contributed by atoms with Crippen LogP contribution < -0.4 is 20.5 Å². The Hall–Kier alpha value is -3.32. The molecule has 150 valence electrons. The third-order valence-electron chi connectivity index (χ3n) is 4.88. The number of fused-ring (bicyclic) bond motifs is 2. The maximum absolute atomic E-state index is 5.95. The Bertz CT molecular complexity index is 1250. The van der Waals surface area contributed by atoms with Crippen LogP contribution >= 0.6 is 15.9 Å². The van der Waals surface area contributed by atoms with Gasteiger partial charge in [-0.1, -0.05) is 34.1 Å². The molecule has 0 aliphatic carbocycles. The predicted molar refractivity (Wildman–Crippen MR) is 122 cm³/mol. The largest absolute Gasteiger partial charge is 0.490 e. The van der Waals surface area contributed by atoms with Crippen LogP contribution in [0.4, 0.5) is 17.5 Å². The zero-order chi connectivity index (χ0) is 20.5. The molecule has 0 unspecified atom stereocenters. The fourth-order valence-electron chi connectivity index (χ4n) is 3.47. The number of hydrogen-bond acceptors (Lipinski definition) is 6. The molecule has 0 amide bonds. The standard InChI is InChI=1S/C23H19BrN4O2/c24-16-3-1-4-17(13-16)26-22-18-11-14(5-7-19(18)27-23(25)28-22)15-6-8-20-21(12-15)30-10-2-9-29-20/h1,3-8,11-13H,2,9-10H2,(H3,25,26,27,28).